The van der Waals surface area contributed by atoms with Crippen LogP contribution in [0.4, 0.5) is 21.4 Å². The lowest BCUT2D eigenvalue weighted by Gasteiger charge is -2.29. The summed E-state index contributed by atoms with van der Waals surface area (Å²) in [5.74, 6) is -0.654. The fraction of sp³-hybridized carbons (Fsp3) is 0.161. The molecule has 0 saturated carbocycles. The number of hydrogen-bond acceptors (Lipinski definition) is 10. The molecule has 4 N–H and O–H groups in total. The molecule has 0 saturated heterocycles. The standard InChI is InChI=1S/2C31H26ClNO3S/c2*1-31(2)17-23(34)26(24(35)18-31)29-25(19-11-5-3-6-12-19)27(28(36)21-15-9-10-16-22(21)32)30(37-29)33-20-13-7-4-8-14-20/h2*3-16,33-34H,17-18H2,1-2H3. The Bertz CT molecular complexity index is 3270. The second-order valence-electron chi connectivity index (χ2n) is 19.9. The lowest BCUT2D eigenvalue weighted by Crippen LogP contribution is -2.25. The van der Waals surface area contributed by atoms with Crippen LogP contribution >= 0.6 is 45.9 Å². The maximum Gasteiger partial charge on any atom is 0.198 e. The molecule has 74 heavy (non-hydrogen) atoms. The monoisotopic (exact) mass is 1050 g/mol. The Hall–Kier alpha value is -7.34. The summed E-state index contributed by atoms with van der Waals surface area (Å²) >= 11 is 15.6. The first-order valence-electron chi connectivity index (χ1n) is 24.1. The summed E-state index contributed by atoms with van der Waals surface area (Å²) in [6, 6.07) is 52.1. The van der Waals surface area contributed by atoms with Crippen molar-refractivity contribution in [2.45, 2.75) is 53.4 Å². The second kappa shape index (κ2) is 21.6. The first-order valence-corrected chi connectivity index (χ1v) is 26.5. The second-order valence-corrected chi connectivity index (χ2v) is 22.7. The van der Waals surface area contributed by atoms with E-state index < -0.39 is 0 Å². The normalized spacial score (nSPS) is 15.1. The van der Waals surface area contributed by atoms with Gasteiger partial charge in [0.1, 0.15) is 21.5 Å². The van der Waals surface area contributed by atoms with Gasteiger partial charge < -0.3 is 20.8 Å². The first kappa shape index (κ1) is 51.6. The van der Waals surface area contributed by atoms with Gasteiger partial charge in [0.2, 0.25) is 0 Å². The molecule has 0 aliphatic heterocycles. The van der Waals surface area contributed by atoms with E-state index in [9.17, 15) is 29.4 Å². The van der Waals surface area contributed by atoms with Crippen LogP contribution in [0.2, 0.25) is 10.0 Å². The quantitative estimate of drug-likeness (QED) is 0.0890. The van der Waals surface area contributed by atoms with Crippen LogP contribution in [0.1, 0.15) is 95.0 Å². The number of ketones is 4. The predicted octanol–water partition coefficient (Wildman–Crippen LogP) is 17.4. The van der Waals surface area contributed by atoms with Crippen LogP contribution < -0.4 is 10.6 Å². The average Bonchev–Trinajstić information content (AvgIpc) is 3.92. The van der Waals surface area contributed by atoms with Crippen molar-refractivity contribution in [2.24, 2.45) is 10.8 Å². The Morgan fingerprint density at radius 2 is 0.770 bits per heavy atom. The van der Waals surface area contributed by atoms with E-state index in [1.54, 1.807) is 48.5 Å². The number of thiophene rings is 2. The van der Waals surface area contributed by atoms with Gasteiger partial charge in [-0.1, -0.05) is 172 Å². The summed E-state index contributed by atoms with van der Waals surface area (Å²) in [7, 11) is 0. The molecule has 2 aliphatic rings. The third-order valence-electron chi connectivity index (χ3n) is 12.9. The number of carbonyl (C=O) groups excluding carboxylic acids is 4. The summed E-state index contributed by atoms with van der Waals surface area (Å²) in [5.41, 5.74) is 5.88. The van der Waals surface area contributed by atoms with Gasteiger partial charge in [0, 0.05) is 59.3 Å². The maximum atomic E-state index is 14.2. The van der Waals surface area contributed by atoms with Gasteiger partial charge in [0.25, 0.3) is 0 Å². The first-order chi connectivity index (χ1) is 35.5. The third kappa shape index (κ3) is 11.0. The fourth-order valence-corrected chi connectivity index (χ4v) is 12.6. The van der Waals surface area contributed by atoms with Crippen molar-refractivity contribution >= 4 is 102 Å². The Morgan fingerprint density at radius 1 is 0.459 bits per heavy atom. The Balaban J connectivity index is 0.000000182. The molecule has 2 heterocycles. The van der Waals surface area contributed by atoms with Crippen molar-refractivity contribution in [3.05, 3.63) is 223 Å². The zero-order chi connectivity index (χ0) is 52.3. The van der Waals surface area contributed by atoms with E-state index in [2.05, 4.69) is 10.6 Å². The van der Waals surface area contributed by atoms with E-state index >= 15 is 0 Å². The van der Waals surface area contributed by atoms with Gasteiger partial charge in [-0.15, -0.1) is 22.7 Å². The number of Topliss-reactive ketones (excluding diaryl/α,β-unsaturated/α-hetero) is 2. The SMILES string of the molecule is CC1(C)CC(=O)C(c2sc(Nc3ccccc3)c(C(=O)c3ccccc3Cl)c2-c2ccccc2)=C(O)C1.CC1(C)CC(=O)C(c2sc(Nc3ccccc3)c(C(=O)c3ccccc3Cl)c2-c2ccccc2)=C(O)C1. The Kier molecular flexibility index (Phi) is 15.1. The summed E-state index contributed by atoms with van der Waals surface area (Å²) in [6.07, 6.45) is 1.40. The summed E-state index contributed by atoms with van der Waals surface area (Å²) in [5, 5.41) is 30.9. The molecule has 0 amide bonds. The van der Waals surface area contributed by atoms with Crippen LogP contribution in [0.3, 0.4) is 0 Å². The number of halogens is 2. The van der Waals surface area contributed by atoms with Crippen molar-refractivity contribution < 1.29 is 29.4 Å². The lowest BCUT2D eigenvalue weighted by molar-refractivity contribution is -0.117. The molecule has 2 aliphatic carbocycles. The van der Waals surface area contributed by atoms with Crippen molar-refractivity contribution in [2.75, 3.05) is 10.6 Å². The lowest BCUT2D eigenvalue weighted by atomic mass is 9.75. The fourth-order valence-electron chi connectivity index (χ4n) is 9.54. The van der Waals surface area contributed by atoms with Crippen LogP contribution in [-0.2, 0) is 9.59 Å². The number of hydrogen-bond donors (Lipinski definition) is 4. The van der Waals surface area contributed by atoms with Crippen molar-refractivity contribution in [1.29, 1.82) is 0 Å². The Morgan fingerprint density at radius 3 is 1.09 bits per heavy atom. The minimum absolute atomic E-state index is 0.0580. The molecule has 8 nitrogen and oxygen atoms in total. The highest BCUT2D eigenvalue weighted by molar-refractivity contribution is 7.19. The molecule has 10 rings (SSSR count). The number of anilines is 4. The van der Waals surface area contributed by atoms with E-state index in [4.69, 9.17) is 23.2 Å². The molecule has 2 aromatic heterocycles. The summed E-state index contributed by atoms with van der Waals surface area (Å²) in [6.45, 7) is 7.89. The van der Waals surface area contributed by atoms with Gasteiger partial charge in [-0.3, -0.25) is 19.2 Å². The molecule has 0 radical (unpaired) electrons. The van der Waals surface area contributed by atoms with Crippen molar-refractivity contribution in [1.82, 2.24) is 0 Å². The highest BCUT2D eigenvalue weighted by atomic mass is 35.5. The van der Waals surface area contributed by atoms with Gasteiger partial charge in [-0.25, -0.2) is 0 Å². The number of aliphatic hydroxyl groups is 2. The van der Waals surface area contributed by atoms with E-state index in [1.807, 2.05) is 149 Å². The molecule has 0 fully saturated rings. The smallest absolute Gasteiger partial charge is 0.198 e. The predicted molar refractivity (Wildman–Crippen MR) is 304 cm³/mol. The van der Waals surface area contributed by atoms with Crippen molar-refractivity contribution in [3.8, 4) is 22.3 Å². The number of carbonyl (C=O) groups is 4. The molecule has 0 bridgehead atoms. The highest BCUT2D eigenvalue weighted by Gasteiger charge is 2.40. The van der Waals surface area contributed by atoms with Crippen molar-refractivity contribution in [3.63, 3.8) is 0 Å². The number of rotatable bonds is 12. The molecule has 12 heteroatoms. The molecule has 372 valence electrons. The third-order valence-corrected chi connectivity index (χ3v) is 15.8. The van der Waals surface area contributed by atoms with Gasteiger partial charge in [0.15, 0.2) is 23.1 Å². The summed E-state index contributed by atoms with van der Waals surface area (Å²) in [4.78, 5) is 56.3. The topological polar surface area (TPSA) is 133 Å². The van der Waals surface area contributed by atoms with E-state index in [1.165, 1.54) is 22.7 Å². The number of benzene rings is 6. The number of allylic oxidation sites excluding steroid dienone is 4. The van der Waals surface area contributed by atoms with Gasteiger partial charge in [-0.2, -0.15) is 0 Å². The maximum absolute atomic E-state index is 14.2. The molecule has 6 aromatic carbocycles. The average molecular weight is 1060 g/mol. The number of para-hydroxylation sites is 2. The van der Waals surface area contributed by atoms with Crippen LogP contribution in [-0.4, -0.2) is 33.3 Å². The van der Waals surface area contributed by atoms with E-state index in [-0.39, 0.29) is 56.6 Å². The Labute approximate surface area is 448 Å². The molecular formula is C62H52Cl2N2O6S2. The largest absolute Gasteiger partial charge is 0.511 e. The van der Waals surface area contributed by atoms with Gasteiger partial charge in [0.05, 0.1) is 42.1 Å². The van der Waals surface area contributed by atoms with Crippen LogP contribution in [0.25, 0.3) is 33.4 Å². The molecule has 0 spiro atoms. The van der Waals surface area contributed by atoms with E-state index in [0.29, 0.717) is 88.9 Å². The van der Waals surface area contributed by atoms with E-state index in [0.717, 1.165) is 22.5 Å². The molecule has 8 aromatic rings. The van der Waals surface area contributed by atoms with Gasteiger partial charge in [-0.05, 0) is 70.5 Å². The van der Waals surface area contributed by atoms with Crippen LogP contribution in [0, 0.1) is 10.8 Å². The van der Waals surface area contributed by atoms with Gasteiger partial charge >= 0.3 is 0 Å². The zero-order valence-electron chi connectivity index (χ0n) is 41.1. The summed E-state index contributed by atoms with van der Waals surface area (Å²) < 4.78 is 0. The molecular weight excluding hydrogens is 1000 g/mol. The minimum atomic E-state index is -0.337. The van der Waals surface area contributed by atoms with Crippen LogP contribution in [0.15, 0.2) is 181 Å². The van der Waals surface area contributed by atoms with Crippen LogP contribution in [0.5, 0.6) is 0 Å². The molecule has 0 atom stereocenters. The minimum Gasteiger partial charge on any atom is -0.511 e. The molecule has 0 unspecified atom stereocenters. The highest BCUT2D eigenvalue weighted by Crippen LogP contribution is 2.52. The number of aliphatic hydroxyl groups excluding tert-OH is 2. The zero-order valence-corrected chi connectivity index (χ0v) is 44.2. The number of nitrogens with one attached hydrogen (secondary N) is 2.